The highest BCUT2D eigenvalue weighted by molar-refractivity contribution is 5.93. The third-order valence-electron chi connectivity index (χ3n) is 4.29. The summed E-state index contributed by atoms with van der Waals surface area (Å²) < 4.78 is 41.8. The van der Waals surface area contributed by atoms with Gasteiger partial charge in [0, 0.05) is 12.1 Å². The number of rotatable bonds is 8. The molecular formula is C18H23F3N4O2. The lowest BCUT2D eigenvalue weighted by molar-refractivity contribution is -0.117. The van der Waals surface area contributed by atoms with Crippen molar-refractivity contribution in [3.8, 4) is 0 Å². The molecule has 0 radical (unpaired) electrons. The zero-order chi connectivity index (χ0) is 20.1. The average molecular weight is 384 g/mol. The molecule has 1 aromatic carbocycles. The van der Waals surface area contributed by atoms with Crippen LogP contribution in [0.25, 0.3) is 0 Å². The SMILES string of the molecule is CC/C(=C\C(F)=C(/N)OC(F)F)C(=O)NCc1c(C2CC2)ccc(N)c1N. The fraction of sp³-hybridized carbons (Fsp3) is 0.389. The van der Waals surface area contributed by atoms with E-state index in [0.29, 0.717) is 17.3 Å². The highest BCUT2D eigenvalue weighted by Gasteiger charge is 2.27. The number of hydrogen-bond acceptors (Lipinski definition) is 5. The lowest BCUT2D eigenvalue weighted by Gasteiger charge is -2.15. The molecule has 0 saturated heterocycles. The summed E-state index contributed by atoms with van der Waals surface area (Å²) in [5.41, 5.74) is 19.6. The summed E-state index contributed by atoms with van der Waals surface area (Å²) in [6.45, 7) is -1.52. The molecule has 0 unspecified atom stereocenters. The van der Waals surface area contributed by atoms with Gasteiger partial charge >= 0.3 is 6.61 Å². The van der Waals surface area contributed by atoms with Gasteiger partial charge in [0.05, 0.1) is 11.4 Å². The van der Waals surface area contributed by atoms with Gasteiger partial charge < -0.3 is 27.3 Å². The van der Waals surface area contributed by atoms with Crippen LogP contribution in [-0.2, 0) is 16.1 Å². The molecular weight excluding hydrogens is 361 g/mol. The van der Waals surface area contributed by atoms with Gasteiger partial charge in [-0.2, -0.15) is 8.78 Å². The van der Waals surface area contributed by atoms with Gasteiger partial charge in [0.1, 0.15) is 0 Å². The number of benzene rings is 1. The Bertz CT molecular complexity index is 774. The lowest BCUT2D eigenvalue weighted by Crippen LogP contribution is -2.26. The second-order valence-corrected chi connectivity index (χ2v) is 6.21. The smallest absolute Gasteiger partial charge is 0.388 e. The first-order chi connectivity index (χ1) is 12.7. The molecule has 9 heteroatoms. The topological polar surface area (TPSA) is 116 Å². The molecule has 1 amide bonds. The van der Waals surface area contributed by atoms with Gasteiger partial charge in [0.2, 0.25) is 11.8 Å². The molecule has 1 aromatic rings. The summed E-state index contributed by atoms with van der Waals surface area (Å²) in [7, 11) is 0. The Morgan fingerprint density at radius 3 is 2.59 bits per heavy atom. The number of anilines is 2. The van der Waals surface area contributed by atoms with Gasteiger partial charge in [-0.15, -0.1) is 0 Å². The molecule has 1 saturated carbocycles. The first kappa shape index (κ1) is 20.5. The average Bonchev–Trinajstić information content (AvgIpc) is 3.44. The predicted octanol–water partition coefficient (Wildman–Crippen LogP) is 3.02. The van der Waals surface area contributed by atoms with E-state index in [4.69, 9.17) is 17.2 Å². The molecule has 1 aliphatic rings. The number of nitrogens with one attached hydrogen (secondary N) is 1. The summed E-state index contributed by atoms with van der Waals surface area (Å²) in [6, 6.07) is 3.63. The molecule has 0 heterocycles. The fourth-order valence-corrected chi connectivity index (χ4v) is 2.66. The van der Waals surface area contributed by atoms with E-state index >= 15 is 0 Å². The van der Waals surface area contributed by atoms with Gasteiger partial charge in [-0.25, -0.2) is 4.39 Å². The summed E-state index contributed by atoms with van der Waals surface area (Å²) in [6.07, 6.45) is 3.02. The maximum absolute atomic E-state index is 13.8. The van der Waals surface area contributed by atoms with Gasteiger partial charge in [0.25, 0.3) is 0 Å². The Labute approximate surface area is 155 Å². The quantitative estimate of drug-likeness (QED) is 0.238. The van der Waals surface area contributed by atoms with Crippen molar-refractivity contribution in [3.05, 3.63) is 46.6 Å². The number of ether oxygens (including phenoxy) is 1. The van der Waals surface area contributed by atoms with E-state index in [0.717, 1.165) is 30.0 Å². The molecule has 0 aromatic heterocycles. The van der Waals surface area contributed by atoms with Crippen molar-refractivity contribution in [3.63, 3.8) is 0 Å². The maximum atomic E-state index is 13.8. The largest absolute Gasteiger partial charge is 0.416 e. The molecule has 0 bridgehead atoms. The van der Waals surface area contributed by atoms with E-state index in [-0.39, 0.29) is 18.5 Å². The molecule has 7 N–H and O–H groups in total. The number of nitrogens with two attached hydrogens (primary N) is 3. The molecule has 27 heavy (non-hydrogen) atoms. The minimum atomic E-state index is -3.25. The number of alkyl halides is 2. The molecule has 0 atom stereocenters. The summed E-state index contributed by atoms with van der Waals surface area (Å²) in [5.74, 6) is -2.50. The van der Waals surface area contributed by atoms with Crippen LogP contribution in [0.3, 0.4) is 0 Å². The van der Waals surface area contributed by atoms with Crippen molar-refractivity contribution in [1.82, 2.24) is 5.32 Å². The molecule has 2 rings (SSSR count). The van der Waals surface area contributed by atoms with Gasteiger partial charge in [-0.1, -0.05) is 13.0 Å². The molecule has 6 nitrogen and oxygen atoms in total. The van der Waals surface area contributed by atoms with Crippen LogP contribution in [0.15, 0.2) is 35.5 Å². The number of carbonyl (C=O) groups excluding carboxylic acids is 1. The predicted molar refractivity (Wildman–Crippen MR) is 96.9 cm³/mol. The zero-order valence-electron chi connectivity index (χ0n) is 14.9. The summed E-state index contributed by atoms with van der Waals surface area (Å²) in [5, 5.41) is 2.66. The van der Waals surface area contributed by atoms with E-state index in [1.54, 1.807) is 13.0 Å². The van der Waals surface area contributed by atoms with Crippen LogP contribution in [0.2, 0.25) is 0 Å². The Morgan fingerprint density at radius 1 is 1.37 bits per heavy atom. The fourth-order valence-electron chi connectivity index (χ4n) is 2.66. The first-order valence-corrected chi connectivity index (χ1v) is 8.50. The third-order valence-corrected chi connectivity index (χ3v) is 4.29. The maximum Gasteiger partial charge on any atom is 0.388 e. The van der Waals surface area contributed by atoms with Crippen molar-refractivity contribution in [1.29, 1.82) is 0 Å². The Balaban J connectivity index is 2.14. The minimum absolute atomic E-state index is 0.0174. The van der Waals surface area contributed by atoms with Crippen molar-refractivity contribution < 1.29 is 22.7 Å². The normalized spacial score (nSPS) is 15.5. The molecule has 1 fully saturated rings. The minimum Gasteiger partial charge on any atom is -0.416 e. The standard InChI is InChI=1S/C18H23F3N4O2/c1-2-9(7-13(19)16(24)27-18(20)21)17(26)25-8-12-11(10-3-4-10)5-6-14(22)15(12)23/h5-7,10,18H,2-4,8,22-24H2,1H3,(H,25,26)/b9-7+,16-13-. The number of carbonyl (C=O) groups is 1. The van der Waals surface area contributed by atoms with Crippen molar-refractivity contribution in [2.75, 3.05) is 11.5 Å². The highest BCUT2D eigenvalue weighted by atomic mass is 19.3. The van der Waals surface area contributed by atoms with Gasteiger partial charge in [0.15, 0.2) is 5.83 Å². The molecule has 0 spiro atoms. The number of halogens is 3. The molecule has 0 aliphatic heterocycles. The first-order valence-electron chi connectivity index (χ1n) is 8.50. The van der Waals surface area contributed by atoms with Crippen molar-refractivity contribution in [2.24, 2.45) is 5.73 Å². The van der Waals surface area contributed by atoms with E-state index in [2.05, 4.69) is 10.1 Å². The Kier molecular flexibility index (Phi) is 6.59. The van der Waals surface area contributed by atoms with Crippen LogP contribution in [0, 0.1) is 0 Å². The summed E-state index contributed by atoms with van der Waals surface area (Å²) >= 11 is 0. The van der Waals surface area contributed by atoms with Crippen LogP contribution in [0.1, 0.15) is 43.2 Å². The lowest BCUT2D eigenvalue weighted by atomic mass is 10.00. The number of allylic oxidation sites excluding steroid dienone is 2. The highest BCUT2D eigenvalue weighted by Crippen LogP contribution is 2.43. The van der Waals surface area contributed by atoms with Crippen LogP contribution >= 0.6 is 0 Å². The summed E-state index contributed by atoms with van der Waals surface area (Å²) in [4.78, 5) is 12.4. The van der Waals surface area contributed by atoms with Crippen molar-refractivity contribution in [2.45, 2.75) is 45.3 Å². The second-order valence-electron chi connectivity index (χ2n) is 6.21. The van der Waals surface area contributed by atoms with E-state index in [9.17, 15) is 18.0 Å². The second kappa shape index (κ2) is 8.70. The molecule has 148 valence electrons. The number of nitrogen functional groups attached to an aromatic ring is 2. The zero-order valence-corrected chi connectivity index (χ0v) is 14.9. The van der Waals surface area contributed by atoms with E-state index in [1.807, 2.05) is 6.07 Å². The Morgan fingerprint density at radius 2 is 2.04 bits per heavy atom. The van der Waals surface area contributed by atoms with Crippen LogP contribution in [0.5, 0.6) is 0 Å². The van der Waals surface area contributed by atoms with Gasteiger partial charge in [-0.3, -0.25) is 4.79 Å². The van der Waals surface area contributed by atoms with E-state index in [1.165, 1.54) is 0 Å². The monoisotopic (exact) mass is 384 g/mol. The number of amides is 1. The van der Waals surface area contributed by atoms with E-state index < -0.39 is 24.2 Å². The van der Waals surface area contributed by atoms with Gasteiger partial charge in [-0.05, 0) is 48.4 Å². The van der Waals surface area contributed by atoms with Crippen LogP contribution in [0.4, 0.5) is 24.5 Å². The third kappa shape index (κ3) is 5.32. The van der Waals surface area contributed by atoms with Crippen LogP contribution in [-0.4, -0.2) is 12.5 Å². The van der Waals surface area contributed by atoms with Crippen molar-refractivity contribution >= 4 is 17.3 Å². The Hall–Kier alpha value is -2.84. The number of hydrogen-bond donors (Lipinski definition) is 4. The van der Waals surface area contributed by atoms with Crippen LogP contribution < -0.4 is 22.5 Å². The molecule has 1 aliphatic carbocycles.